The fraction of sp³-hybridized carbons (Fsp3) is 0.837. The summed E-state index contributed by atoms with van der Waals surface area (Å²) in [6.07, 6.45) is 51.1. The summed E-state index contributed by atoms with van der Waals surface area (Å²) < 4.78 is 0. The van der Waals surface area contributed by atoms with E-state index in [2.05, 4.69) is 43.5 Å². The predicted molar refractivity (Wildman–Crippen MR) is 207 cm³/mol. The molecule has 0 aliphatic rings. The summed E-state index contributed by atoms with van der Waals surface area (Å²) in [6.45, 7) is 4.26. The molecule has 3 N–H and O–H groups in total. The Balaban J connectivity index is 3.52. The van der Waals surface area contributed by atoms with E-state index >= 15 is 0 Å². The molecule has 0 radical (unpaired) electrons. The highest BCUT2D eigenvalue weighted by atomic mass is 16.3. The third-order valence-electron chi connectivity index (χ3n) is 9.35. The highest BCUT2D eigenvalue weighted by Crippen LogP contribution is 2.14. The van der Waals surface area contributed by atoms with E-state index in [9.17, 15) is 15.0 Å². The fourth-order valence-electron chi connectivity index (χ4n) is 6.13. The molecule has 0 saturated carbocycles. The molecule has 0 heterocycles. The molecule has 0 aromatic rings. The number of unbranched alkanes of at least 4 members (excludes halogenated alkanes) is 26. The summed E-state index contributed by atoms with van der Waals surface area (Å²) >= 11 is 0. The Bertz CT molecular complexity index is 716. The molecule has 4 heteroatoms. The van der Waals surface area contributed by atoms with Crippen LogP contribution in [0.3, 0.4) is 0 Å². The van der Waals surface area contributed by atoms with Crippen LogP contribution in [0.25, 0.3) is 0 Å². The Morgan fingerprint density at radius 1 is 0.489 bits per heavy atom. The van der Waals surface area contributed by atoms with Crippen molar-refractivity contribution >= 4 is 5.91 Å². The first kappa shape index (κ1) is 45.6. The maximum atomic E-state index is 12.3. The lowest BCUT2D eigenvalue weighted by molar-refractivity contribution is -0.123. The van der Waals surface area contributed by atoms with Crippen molar-refractivity contribution in [2.75, 3.05) is 6.61 Å². The number of carbonyl (C=O) groups is 1. The van der Waals surface area contributed by atoms with Gasteiger partial charge in [0.1, 0.15) is 0 Å². The van der Waals surface area contributed by atoms with Crippen molar-refractivity contribution in [3.05, 3.63) is 36.5 Å². The molecule has 0 aliphatic heterocycles. The molecule has 276 valence electrons. The van der Waals surface area contributed by atoms with E-state index in [1.54, 1.807) is 6.08 Å². The minimum atomic E-state index is -0.859. The topological polar surface area (TPSA) is 69.6 Å². The molecule has 0 aromatic carbocycles. The molecule has 0 aliphatic carbocycles. The van der Waals surface area contributed by atoms with Crippen LogP contribution in [0, 0.1) is 0 Å². The van der Waals surface area contributed by atoms with E-state index in [4.69, 9.17) is 0 Å². The van der Waals surface area contributed by atoms with Crippen LogP contribution in [0.15, 0.2) is 36.5 Å². The molecule has 4 nitrogen and oxygen atoms in total. The maximum absolute atomic E-state index is 12.3. The lowest BCUT2D eigenvalue weighted by atomic mass is 10.0. The van der Waals surface area contributed by atoms with Gasteiger partial charge in [0.05, 0.1) is 18.8 Å². The quantitative estimate of drug-likeness (QED) is 0.0459. The number of amides is 1. The lowest BCUT2D eigenvalue weighted by Crippen LogP contribution is -2.45. The van der Waals surface area contributed by atoms with Gasteiger partial charge in [0.25, 0.3) is 0 Å². The van der Waals surface area contributed by atoms with Crippen LogP contribution in [0.1, 0.15) is 213 Å². The number of hydrogen-bond donors (Lipinski definition) is 3. The number of carbonyl (C=O) groups excluding carboxylic acids is 1. The second kappa shape index (κ2) is 39.1. The third-order valence-corrected chi connectivity index (χ3v) is 9.35. The molecule has 0 rings (SSSR count). The molecule has 0 bridgehead atoms. The Morgan fingerprint density at radius 2 is 0.830 bits per heavy atom. The van der Waals surface area contributed by atoms with Gasteiger partial charge in [-0.2, -0.15) is 0 Å². The smallest absolute Gasteiger partial charge is 0.220 e. The third kappa shape index (κ3) is 35.7. The Kier molecular flexibility index (Phi) is 37.9. The second-order valence-corrected chi connectivity index (χ2v) is 14.0. The Hall–Kier alpha value is -1.39. The average molecular weight is 660 g/mol. The minimum absolute atomic E-state index is 0.0781. The zero-order chi connectivity index (χ0) is 34.3. The van der Waals surface area contributed by atoms with Crippen molar-refractivity contribution in [1.82, 2.24) is 5.32 Å². The molecular weight excluding hydrogens is 578 g/mol. The fourth-order valence-corrected chi connectivity index (χ4v) is 6.13. The largest absolute Gasteiger partial charge is 0.394 e. The first-order valence-electron chi connectivity index (χ1n) is 20.7. The standard InChI is InChI=1S/C43H81NO3/c1-3-5-7-9-11-13-15-16-17-18-19-20-21-22-23-24-25-26-27-28-29-31-33-35-37-39-43(47)44-41(40-45)42(46)38-36-34-32-30-14-12-10-8-6-4-2/h14,22-23,30,36,38,41-42,45-46H,3-13,15-21,24-29,31-35,37,39-40H2,1-2H3,(H,44,47)/b23-22-,30-14+,38-36+. The molecule has 2 unspecified atom stereocenters. The van der Waals surface area contributed by atoms with Crippen molar-refractivity contribution in [2.24, 2.45) is 0 Å². The molecule has 47 heavy (non-hydrogen) atoms. The number of nitrogens with one attached hydrogen (secondary N) is 1. The van der Waals surface area contributed by atoms with Crippen LogP contribution >= 0.6 is 0 Å². The molecule has 2 atom stereocenters. The highest BCUT2D eigenvalue weighted by Gasteiger charge is 2.17. The van der Waals surface area contributed by atoms with Gasteiger partial charge in [0.15, 0.2) is 0 Å². The minimum Gasteiger partial charge on any atom is -0.394 e. The molecular formula is C43H81NO3. The molecule has 1 amide bonds. The molecule has 0 fully saturated rings. The van der Waals surface area contributed by atoms with Crippen molar-refractivity contribution in [1.29, 1.82) is 0 Å². The van der Waals surface area contributed by atoms with Crippen LogP contribution in [0.2, 0.25) is 0 Å². The predicted octanol–water partition coefficient (Wildman–Crippen LogP) is 12.6. The molecule has 0 aromatic heterocycles. The van der Waals surface area contributed by atoms with Gasteiger partial charge in [-0.05, 0) is 57.8 Å². The molecule has 0 saturated heterocycles. The Labute approximate surface area is 293 Å². The van der Waals surface area contributed by atoms with Crippen LogP contribution in [0.4, 0.5) is 0 Å². The zero-order valence-electron chi connectivity index (χ0n) is 31.5. The average Bonchev–Trinajstić information content (AvgIpc) is 3.07. The first-order valence-corrected chi connectivity index (χ1v) is 20.7. The van der Waals surface area contributed by atoms with E-state index < -0.39 is 12.1 Å². The van der Waals surface area contributed by atoms with Gasteiger partial charge >= 0.3 is 0 Å². The van der Waals surface area contributed by atoms with Crippen molar-refractivity contribution in [3.8, 4) is 0 Å². The van der Waals surface area contributed by atoms with Gasteiger partial charge < -0.3 is 15.5 Å². The van der Waals surface area contributed by atoms with Crippen molar-refractivity contribution in [2.45, 2.75) is 225 Å². The number of allylic oxidation sites excluding steroid dienone is 5. The monoisotopic (exact) mass is 660 g/mol. The highest BCUT2D eigenvalue weighted by molar-refractivity contribution is 5.76. The van der Waals surface area contributed by atoms with E-state index in [1.807, 2.05) is 6.08 Å². The Morgan fingerprint density at radius 3 is 1.26 bits per heavy atom. The van der Waals surface area contributed by atoms with Gasteiger partial charge in [-0.25, -0.2) is 0 Å². The van der Waals surface area contributed by atoms with E-state index in [-0.39, 0.29) is 12.5 Å². The number of rotatable bonds is 37. The normalized spacial score (nSPS) is 13.4. The summed E-state index contributed by atoms with van der Waals surface area (Å²) in [5.41, 5.74) is 0. The first-order chi connectivity index (χ1) is 23.2. The van der Waals surface area contributed by atoms with Crippen LogP contribution < -0.4 is 5.32 Å². The zero-order valence-corrected chi connectivity index (χ0v) is 31.5. The van der Waals surface area contributed by atoms with Gasteiger partial charge in [-0.15, -0.1) is 0 Å². The summed E-state index contributed by atoms with van der Waals surface area (Å²) in [6, 6.07) is -0.637. The van der Waals surface area contributed by atoms with Crippen molar-refractivity contribution < 1.29 is 15.0 Å². The van der Waals surface area contributed by atoms with E-state index in [0.717, 1.165) is 32.1 Å². The van der Waals surface area contributed by atoms with Crippen LogP contribution in [-0.4, -0.2) is 34.9 Å². The summed E-state index contributed by atoms with van der Waals surface area (Å²) in [5.74, 6) is -0.0781. The SMILES string of the molecule is CCCCCC/C=C/CC/C=C/C(O)C(CO)NC(=O)CCCCCCCCCCC/C=C\CCCCCCCCCCCCCC. The van der Waals surface area contributed by atoms with E-state index in [1.165, 1.54) is 161 Å². The van der Waals surface area contributed by atoms with E-state index in [0.29, 0.717) is 6.42 Å². The summed E-state index contributed by atoms with van der Waals surface area (Å²) in [4.78, 5) is 12.3. The van der Waals surface area contributed by atoms with Gasteiger partial charge in [0, 0.05) is 6.42 Å². The number of aliphatic hydroxyl groups excluding tert-OH is 2. The molecule has 0 spiro atoms. The maximum Gasteiger partial charge on any atom is 0.220 e. The summed E-state index contributed by atoms with van der Waals surface area (Å²) in [5, 5.41) is 22.8. The second-order valence-electron chi connectivity index (χ2n) is 14.0. The van der Waals surface area contributed by atoms with Crippen LogP contribution in [0.5, 0.6) is 0 Å². The van der Waals surface area contributed by atoms with Gasteiger partial charge in [0.2, 0.25) is 5.91 Å². The van der Waals surface area contributed by atoms with Crippen LogP contribution in [-0.2, 0) is 4.79 Å². The number of aliphatic hydroxyl groups is 2. The van der Waals surface area contributed by atoms with Gasteiger partial charge in [-0.3, -0.25) is 4.79 Å². The van der Waals surface area contributed by atoms with Gasteiger partial charge in [-0.1, -0.05) is 185 Å². The summed E-state index contributed by atoms with van der Waals surface area (Å²) in [7, 11) is 0. The number of hydrogen-bond acceptors (Lipinski definition) is 3. The van der Waals surface area contributed by atoms with Crippen molar-refractivity contribution in [3.63, 3.8) is 0 Å². The lowest BCUT2D eigenvalue weighted by Gasteiger charge is -2.19.